The Balaban J connectivity index is 2.53. The lowest BCUT2D eigenvalue weighted by Crippen LogP contribution is -2.41. The normalized spacial score (nSPS) is 11.3. The third-order valence-corrected chi connectivity index (χ3v) is 3.82. The molecule has 3 N–H and O–H groups in total. The van der Waals surface area contributed by atoms with Gasteiger partial charge in [0.15, 0.2) is 0 Å². The van der Waals surface area contributed by atoms with Crippen LogP contribution in [0.2, 0.25) is 0 Å². The van der Waals surface area contributed by atoms with Crippen molar-refractivity contribution < 1.29 is 4.79 Å². The molecule has 1 rings (SSSR count). The summed E-state index contributed by atoms with van der Waals surface area (Å²) in [5, 5.41) is 2.92. The first-order valence-electron chi connectivity index (χ1n) is 5.27. The maximum atomic E-state index is 11.6. The van der Waals surface area contributed by atoms with Crippen LogP contribution in [0.3, 0.4) is 0 Å². The fraction of sp³-hybridized carbons (Fsp3) is 0.417. The Morgan fingerprint density at radius 2 is 2.12 bits per heavy atom. The Labute approximate surface area is 115 Å². The topological polar surface area (TPSA) is 55.1 Å². The fourth-order valence-corrected chi connectivity index (χ4v) is 2.69. The van der Waals surface area contributed by atoms with Crippen LogP contribution >= 0.6 is 27.7 Å². The van der Waals surface area contributed by atoms with Gasteiger partial charge in [-0.05, 0) is 54.9 Å². The van der Waals surface area contributed by atoms with Crippen molar-refractivity contribution in [1.29, 1.82) is 0 Å². The molecule has 0 atom stereocenters. The van der Waals surface area contributed by atoms with Gasteiger partial charge in [-0.1, -0.05) is 0 Å². The van der Waals surface area contributed by atoms with Gasteiger partial charge in [0, 0.05) is 20.6 Å². The zero-order valence-corrected chi connectivity index (χ0v) is 12.6. The van der Waals surface area contributed by atoms with Gasteiger partial charge in [0.1, 0.15) is 0 Å². The van der Waals surface area contributed by atoms with Crippen LogP contribution in [0.5, 0.6) is 0 Å². The number of nitrogens with one attached hydrogen (secondary N) is 1. The van der Waals surface area contributed by atoms with Gasteiger partial charge in [-0.2, -0.15) is 0 Å². The van der Waals surface area contributed by atoms with Crippen molar-refractivity contribution in [2.24, 2.45) is 0 Å². The Morgan fingerprint density at radius 3 is 2.65 bits per heavy atom. The standard InChI is InChI=1S/C12H17BrN2OS/c1-12(2,3)15-11(16)7-17-10-5-4-8(14)6-9(10)13/h4-6H,7,14H2,1-3H3,(H,15,16). The predicted octanol–water partition coefficient (Wildman–Crippen LogP) is 3.04. The van der Waals surface area contributed by atoms with E-state index in [1.165, 1.54) is 11.8 Å². The Morgan fingerprint density at radius 1 is 1.47 bits per heavy atom. The first-order valence-corrected chi connectivity index (χ1v) is 7.04. The molecular weight excluding hydrogens is 300 g/mol. The number of nitrogens with two attached hydrogens (primary N) is 1. The zero-order valence-electron chi connectivity index (χ0n) is 10.2. The molecular formula is C12H17BrN2OS. The summed E-state index contributed by atoms with van der Waals surface area (Å²) in [5.74, 6) is 0.436. The number of halogens is 1. The van der Waals surface area contributed by atoms with Crippen molar-refractivity contribution in [2.45, 2.75) is 31.2 Å². The van der Waals surface area contributed by atoms with E-state index in [1.807, 2.05) is 39.0 Å². The lowest BCUT2D eigenvalue weighted by molar-refractivity contribution is -0.119. The fourth-order valence-electron chi connectivity index (χ4n) is 1.23. The highest BCUT2D eigenvalue weighted by Gasteiger charge is 2.14. The van der Waals surface area contributed by atoms with Gasteiger partial charge in [-0.25, -0.2) is 0 Å². The summed E-state index contributed by atoms with van der Waals surface area (Å²) in [6.45, 7) is 5.90. The van der Waals surface area contributed by atoms with Crippen molar-refractivity contribution in [1.82, 2.24) is 5.32 Å². The first kappa shape index (κ1) is 14.4. The zero-order chi connectivity index (χ0) is 13.1. The lowest BCUT2D eigenvalue weighted by atomic mass is 10.1. The number of anilines is 1. The Kier molecular flexibility index (Phi) is 4.89. The molecule has 0 saturated heterocycles. The highest BCUT2D eigenvalue weighted by molar-refractivity contribution is 9.10. The van der Waals surface area contributed by atoms with Crippen LogP contribution in [0, 0.1) is 0 Å². The van der Waals surface area contributed by atoms with Crippen LogP contribution < -0.4 is 11.1 Å². The van der Waals surface area contributed by atoms with Crippen LogP contribution in [-0.2, 0) is 4.79 Å². The maximum Gasteiger partial charge on any atom is 0.230 e. The van der Waals surface area contributed by atoms with E-state index in [0.29, 0.717) is 11.4 Å². The van der Waals surface area contributed by atoms with E-state index in [9.17, 15) is 4.79 Å². The molecule has 0 aliphatic carbocycles. The molecule has 0 spiro atoms. The van der Waals surface area contributed by atoms with Gasteiger partial charge >= 0.3 is 0 Å². The van der Waals surface area contributed by atoms with E-state index >= 15 is 0 Å². The summed E-state index contributed by atoms with van der Waals surface area (Å²) in [7, 11) is 0. The molecule has 1 aromatic rings. The smallest absolute Gasteiger partial charge is 0.230 e. The van der Waals surface area contributed by atoms with Gasteiger partial charge in [0.05, 0.1) is 5.75 Å². The van der Waals surface area contributed by atoms with Gasteiger partial charge < -0.3 is 11.1 Å². The SMILES string of the molecule is CC(C)(C)NC(=O)CSc1ccc(N)cc1Br. The van der Waals surface area contributed by atoms with Gasteiger partial charge in [0.25, 0.3) is 0 Å². The first-order chi connectivity index (χ1) is 7.78. The lowest BCUT2D eigenvalue weighted by Gasteiger charge is -2.20. The van der Waals surface area contributed by atoms with Crippen molar-refractivity contribution in [3.05, 3.63) is 22.7 Å². The van der Waals surface area contributed by atoms with Crippen LogP contribution in [0.25, 0.3) is 0 Å². The number of carbonyl (C=O) groups excluding carboxylic acids is 1. The second-order valence-electron chi connectivity index (χ2n) is 4.78. The van der Waals surface area contributed by atoms with Gasteiger partial charge in [-0.15, -0.1) is 11.8 Å². The molecule has 3 nitrogen and oxygen atoms in total. The molecule has 5 heteroatoms. The molecule has 0 aliphatic rings. The largest absolute Gasteiger partial charge is 0.399 e. The average Bonchev–Trinajstić information content (AvgIpc) is 2.13. The molecule has 1 aromatic carbocycles. The van der Waals surface area contributed by atoms with E-state index in [2.05, 4.69) is 21.2 Å². The van der Waals surface area contributed by atoms with Crippen molar-refractivity contribution in [3.63, 3.8) is 0 Å². The van der Waals surface area contributed by atoms with Crippen LogP contribution in [0.1, 0.15) is 20.8 Å². The summed E-state index contributed by atoms with van der Waals surface area (Å²) in [6.07, 6.45) is 0. The molecule has 94 valence electrons. The molecule has 17 heavy (non-hydrogen) atoms. The van der Waals surface area contributed by atoms with Crippen molar-refractivity contribution in [2.75, 3.05) is 11.5 Å². The monoisotopic (exact) mass is 316 g/mol. The summed E-state index contributed by atoms with van der Waals surface area (Å²) < 4.78 is 0.922. The molecule has 0 aromatic heterocycles. The van der Waals surface area contributed by atoms with Crippen LogP contribution in [0.15, 0.2) is 27.6 Å². The second kappa shape index (κ2) is 5.78. The number of hydrogen-bond acceptors (Lipinski definition) is 3. The Bertz CT molecular complexity index is 415. The summed E-state index contributed by atoms with van der Waals surface area (Å²) in [4.78, 5) is 12.7. The van der Waals surface area contributed by atoms with E-state index < -0.39 is 0 Å². The molecule has 0 radical (unpaired) electrons. The number of hydrogen-bond donors (Lipinski definition) is 2. The third-order valence-electron chi connectivity index (χ3n) is 1.83. The molecule has 0 saturated carbocycles. The quantitative estimate of drug-likeness (QED) is 0.665. The summed E-state index contributed by atoms with van der Waals surface area (Å²) in [5.41, 5.74) is 6.17. The highest BCUT2D eigenvalue weighted by atomic mass is 79.9. The highest BCUT2D eigenvalue weighted by Crippen LogP contribution is 2.29. The minimum Gasteiger partial charge on any atom is -0.399 e. The average molecular weight is 317 g/mol. The second-order valence-corrected chi connectivity index (χ2v) is 6.65. The molecule has 0 fully saturated rings. The van der Waals surface area contributed by atoms with E-state index in [1.54, 1.807) is 0 Å². The van der Waals surface area contributed by atoms with Crippen LogP contribution in [-0.4, -0.2) is 17.2 Å². The molecule has 0 aliphatic heterocycles. The summed E-state index contributed by atoms with van der Waals surface area (Å²) in [6, 6.07) is 5.58. The van der Waals surface area contributed by atoms with Gasteiger partial charge in [-0.3, -0.25) is 4.79 Å². The molecule has 0 heterocycles. The van der Waals surface area contributed by atoms with Crippen LogP contribution in [0.4, 0.5) is 5.69 Å². The van der Waals surface area contributed by atoms with E-state index in [4.69, 9.17) is 5.73 Å². The number of thioether (sulfide) groups is 1. The molecule has 0 bridgehead atoms. The van der Waals surface area contributed by atoms with E-state index in [0.717, 1.165) is 9.37 Å². The number of amides is 1. The predicted molar refractivity (Wildman–Crippen MR) is 77.2 cm³/mol. The summed E-state index contributed by atoms with van der Waals surface area (Å²) >= 11 is 4.92. The Hall–Kier alpha value is -0.680. The van der Waals surface area contributed by atoms with E-state index in [-0.39, 0.29) is 11.4 Å². The minimum absolute atomic E-state index is 0.0335. The number of rotatable bonds is 3. The van der Waals surface area contributed by atoms with Crippen molar-refractivity contribution >= 4 is 39.3 Å². The number of benzene rings is 1. The third kappa shape index (κ3) is 5.46. The molecule has 1 amide bonds. The van der Waals surface area contributed by atoms with Crippen molar-refractivity contribution in [3.8, 4) is 0 Å². The molecule has 0 unspecified atom stereocenters. The minimum atomic E-state index is -0.185. The number of carbonyl (C=O) groups is 1. The number of nitrogen functional groups attached to an aromatic ring is 1. The van der Waals surface area contributed by atoms with Gasteiger partial charge in [0.2, 0.25) is 5.91 Å². The maximum absolute atomic E-state index is 11.6.